The Morgan fingerprint density at radius 2 is 1.33 bits per heavy atom. The molecule has 16 nitrogen and oxygen atoms in total. The zero-order valence-electron chi connectivity index (χ0n) is 33.1. The molecule has 0 bridgehead atoms. The number of rotatable bonds is 17. The molecule has 0 aliphatic carbocycles. The number of aliphatic carboxylic acids is 3. The number of carboxylic acids is 3. The summed E-state index contributed by atoms with van der Waals surface area (Å²) >= 11 is 0. The van der Waals surface area contributed by atoms with Gasteiger partial charge < -0.3 is 40.1 Å². The van der Waals surface area contributed by atoms with Crippen molar-refractivity contribution >= 4 is 35.5 Å². The molecule has 58 heavy (non-hydrogen) atoms. The van der Waals surface area contributed by atoms with Gasteiger partial charge in [0.1, 0.15) is 5.60 Å². The normalized spacial score (nSPS) is 14.3. The van der Waals surface area contributed by atoms with E-state index in [9.17, 15) is 34.1 Å². The minimum Gasteiger partial charge on any atom is -0.481 e. The van der Waals surface area contributed by atoms with Crippen molar-refractivity contribution in [3.05, 3.63) is 134 Å². The monoisotopic (exact) mass is 803 g/mol. The summed E-state index contributed by atoms with van der Waals surface area (Å²) in [5, 5.41) is 48.5. The Labute approximate surface area is 335 Å². The summed E-state index contributed by atoms with van der Waals surface area (Å²) in [5.74, 6) is -6.98. The van der Waals surface area contributed by atoms with Gasteiger partial charge in [-0.3, -0.25) is 19.7 Å². The van der Waals surface area contributed by atoms with Gasteiger partial charge in [0.05, 0.1) is 41.9 Å². The second-order valence-electron chi connectivity index (χ2n) is 14.5. The number of benzene rings is 3. The highest BCUT2D eigenvalue weighted by molar-refractivity contribution is 6.00. The molecule has 1 atom stereocenters. The van der Waals surface area contributed by atoms with Gasteiger partial charge in [-0.2, -0.15) is 0 Å². The lowest BCUT2D eigenvalue weighted by Gasteiger charge is -2.34. The van der Waals surface area contributed by atoms with Crippen molar-refractivity contribution < 1.29 is 58.8 Å². The van der Waals surface area contributed by atoms with Crippen LogP contribution in [-0.4, -0.2) is 98.5 Å². The van der Waals surface area contributed by atoms with Crippen molar-refractivity contribution in [2.24, 2.45) is 0 Å². The lowest BCUT2D eigenvalue weighted by molar-refractivity contribution is -0.384. The number of nitrogens with one attached hydrogen (secondary N) is 1. The SMILES string of the molecule is COC(=O)C1=C(C)NC(C)=C(C(=O)OC(C)(C)CN(C)CCC(c2ccccc2)c2ccccc2)C1c1cccc([N+](=O)[O-])c1.O=C(O)CC(O)(CC(=O)O)C(=O)O. The maximum Gasteiger partial charge on any atom is 0.337 e. The molecular formula is C42H49N3O13. The van der Waals surface area contributed by atoms with Crippen molar-refractivity contribution in [3.63, 3.8) is 0 Å². The van der Waals surface area contributed by atoms with E-state index in [0.29, 0.717) is 23.5 Å². The van der Waals surface area contributed by atoms with E-state index in [0.717, 1.165) is 13.0 Å². The second-order valence-corrected chi connectivity index (χ2v) is 14.5. The third-order valence-electron chi connectivity index (χ3n) is 9.31. The molecule has 0 amide bonds. The fraction of sp³-hybridized carbons (Fsp3) is 0.357. The Balaban J connectivity index is 0.000000594. The van der Waals surface area contributed by atoms with Crippen LogP contribution in [0.3, 0.4) is 0 Å². The lowest BCUT2D eigenvalue weighted by atomic mass is 9.80. The number of hydrogen-bond acceptors (Lipinski definition) is 12. The molecule has 16 heteroatoms. The van der Waals surface area contributed by atoms with Gasteiger partial charge in [0.2, 0.25) is 0 Å². The van der Waals surface area contributed by atoms with Crippen LogP contribution in [0.15, 0.2) is 107 Å². The average molecular weight is 804 g/mol. The molecule has 3 aromatic carbocycles. The number of ether oxygens (including phenoxy) is 2. The van der Waals surface area contributed by atoms with Crippen molar-refractivity contribution in [1.29, 1.82) is 0 Å². The second kappa shape index (κ2) is 20.2. The van der Waals surface area contributed by atoms with Crippen LogP contribution in [0.1, 0.15) is 75.5 Å². The van der Waals surface area contributed by atoms with Gasteiger partial charge in [-0.1, -0.05) is 72.8 Å². The van der Waals surface area contributed by atoms with Crippen LogP contribution in [-0.2, 0) is 33.4 Å². The topological polar surface area (TPSA) is 243 Å². The molecule has 1 aliphatic rings. The Morgan fingerprint density at radius 1 is 0.828 bits per heavy atom. The fourth-order valence-electron chi connectivity index (χ4n) is 6.82. The number of carbonyl (C=O) groups is 5. The molecule has 0 spiro atoms. The van der Waals surface area contributed by atoms with E-state index in [4.69, 9.17) is 29.9 Å². The minimum atomic E-state index is -2.74. The third-order valence-corrected chi connectivity index (χ3v) is 9.31. The molecule has 1 unspecified atom stereocenters. The predicted molar refractivity (Wildman–Crippen MR) is 210 cm³/mol. The first-order chi connectivity index (χ1) is 27.2. The summed E-state index contributed by atoms with van der Waals surface area (Å²) in [6.07, 6.45) is -1.42. The molecule has 5 N–H and O–H groups in total. The number of nitrogens with zero attached hydrogens (tertiary/aromatic N) is 2. The number of likely N-dealkylation sites (N-methyl/N-ethyl adjacent to an activating group) is 1. The van der Waals surface area contributed by atoms with E-state index < -0.39 is 64.7 Å². The van der Waals surface area contributed by atoms with Crippen LogP contribution in [0.4, 0.5) is 5.69 Å². The molecule has 1 aliphatic heterocycles. The van der Waals surface area contributed by atoms with Crippen LogP contribution in [0.25, 0.3) is 0 Å². The number of hydrogen-bond donors (Lipinski definition) is 5. The maximum atomic E-state index is 14.0. The molecule has 4 rings (SSSR count). The highest BCUT2D eigenvalue weighted by atomic mass is 16.6. The summed E-state index contributed by atoms with van der Waals surface area (Å²) in [6.45, 7) is 8.34. The zero-order valence-corrected chi connectivity index (χ0v) is 33.1. The Bertz CT molecular complexity index is 1990. The van der Waals surface area contributed by atoms with Crippen molar-refractivity contribution in [1.82, 2.24) is 10.2 Å². The minimum absolute atomic E-state index is 0.149. The molecule has 0 radical (unpaired) electrons. The van der Waals surface area contributed by atoms with Gasteiger partial charge in [-0.05, 0) is 64.4 Å². The van der Waals surface area contributed by atoms with Crippen LogP contribution in [0, 0.1) is 10.1 Å². The molecule has 0 fully saturated rings. The number of nitro benzene ring substituents is 1. The maximum absolute atomic E-state index is 14.0. The number of non-ortho nitro benzene ring substituents is 1. The Kier molecular flexibility index (Phi) is 16.0. The largest absolute Gasteiger partial charge is 0.481 e. The Morgan fingerprint density at radius 3 is 1.78 bits per heavy atom. The Hall–Kier alpha value is -6.39. The van der Waals surface area contributed by atoms with E-state index in [1.54, 1.807) is 19.9 Å². The number of carbonyl (C=O) groups excluding carboxylic acids is 2. The zero-order chi connectivity index (χ0) is 43.4. The molecular weight excluding hydrogens is 754 g/mol. The van der Waals surface area contributed by atoms with Crippen LogP contribution >= 0.6 is 0 Å². The fourth-order valence-corrected chi connectivity index (χ4v) is 6.82. The van der Waals surface area contributed by atoms with E-state index in [2.05, 4.69) is 58.7 Å². The smallest absolute Gasteiger partial charge is 0.337 e. The highest BCUT2D eigenvalue weighted by Crippen LogP contribution is 2.40. The van der Waals surface area contributed by atoms with Crippen LogP contribution in [0.2, 0.25) is 0 Å². The van der Waals surface area contributed by atoms with Crippen LogP contribution in [0.5, 0.6) is 0 Å². The lowest BCUT2D eigenvalue weighted by Crippen LogP contribution is -2.42. The predicted octanol–water partition coefficient (Wildman–Crippen LogP) is 5.23. The average Bonchev–Trinajstić information content (AvgIpc) is 3.14. The number of allylic oxidation sites excluding steroid dienone is 2. The van der Waals surface area contributed by atoms with E-state index in [-0.39, 0.29) is 22.8 Å². The number of dihydropyridines is 1. The molecule has 310 valence electrons. The molecule has 3 aromatic rings. The summed E-state index contributed by atoms with van der Waals surface area (Å²) in [5.41, 5.74) is 0.504. The number of methoxy groups -OCH3 is 1. The number of aliphatic hydroxyl groups is 1. The van der Waals surface area contributed by atoms with Gasteiger partial charge in [0.25, 0.3) is 5.69 Å². The molecule has 1 heterocycles. The summed E-state index contributed by atoms with van der Waals surface area (Å²) in [6, 6.07) is 26.8. The summed E-state index contributed by atoms with van der Waals surface area (Å²) in [4.78, 5) is 70.6. The van der Waals surface area contributed by atoms with Gasteiger partial charge in [-0.15, -0.1) is 0 Å². The first kappa shape index (κ1) is 46.0. The quantitative estimate of drug-likeness (QED) is 0.0667. The van der Waals surface area contributed by atoms with E-state index >= 15 is 0 Å². The first-order valence-corrected chi connectivity index (χ1v) is 18.1. The first-order valence-electron chi connectivity index (χ1n) is 18.1. The summed E-state index contributed by atoms with van der Waals surface area (Å²) in [7, 11) is 3.26. The molecule has 0 aromatic heterocycles. The van der Waals surface area contributed by atoms with Gasteiger partial charge in [-0.25, -0.2) is 14.4 Å². The third kappa shape index (κ3) is 12.6. The number of carboxylic acid groups (broad SMARTS) is 3. The van der Waals surface area contributed by atoms with Crippen molar-refractivity contribution in [3.8, 4) is 0 Å². The van der Waals surface area contributed by atoms with Gasteiger partial charge in [0, 0.05) is 36.0 Å². The summed E-state index contributed by atoms with van der Waals surface area (Å²) < 4.78 is 11.2. The van der Waals surface area contributed by atoms with Gasteiger partial charge in [0.15, 0.2) is 5.60 Å². The van der Waals surface area contributed by atoms with E-state index in [1.165, 1.54) is 36.4 Å². The standard InChI is InChI=1S/C36H41N3O6.C6H8O7/c1-24-31(34(40)44-6)33(28-18-13-19-29(22-28)39(42)43)32(25(2)37-24)35(41)45-36(3,4)23-38(5)21-20-30(26-14-9-7-10-15-26)27-16-11-8-12-17-27;7-3(8)1-6(13,5(11)12)2-4(9)10/h7-19,22,30,33,37H,20-21,23H2,1-6H3;13H,1-2H2,(H,7,8)(H,9,10)(H,11,12). The van der Waals surface area contributed by atoms with E-state index in [1.807, 2.05) is 33.0 Å². The molecule has 0 saturated carbocycles. The molecule has 0 saturated heterocycles. The van der Waals surface area contributed by atoms with Crippen molar-refractivity contribution in [2.45, 2.75) is 70.0 Å². The number of esters is 2. The highest BCUT2D eigenvalue weighted by Gasteiger charge is 2.41. The number of nitro groups is 1. The van der Waals surface area contributed by atoms with Gasteiger partial charge >= 0.3 is 29.8 Å². The van der Waals surface area contributed by atoms with Crippen molar-refractivity contribution in [2.75, 3.05) is 27.2 Å². The van der Waals surface area contributed by atoms with Crippen LogP contribution < -0.4 is 5.32 Å².